The van der Waals surface area contributed by atoms with Crippen LogP contribution in [0.1, 0.15) is 30.1 Å². The van der Waals surface area contributed by atoms with E-state index in [1.54, 1.807) is 35.6 Å². The van der Waals surface area contributed by atoms with Crippen molar-refractivity contribution >= 4 is 40.6 Å². The summed E-state index contributed by atoms with van der Waals surface area (Å²) in [5.74, 6) is 0.394. The molecule has 9 nitrogen and oxygen atoms in total. The number of anilines is 2. The minimum Gasteiger partial charge on any atom is -0.355 e. The first-order chi connectivity index (χ1) is 17.0. The van der Waals surface area contributed by atoms with E-state index in [0.717, 1.165) is 42.3 Å². The summed E-state index contributed by atoms with van der Waals surface area (Å²) in [4.78, 5) is 39.1. The normalized spacial score (nSPS) is 13.8. The van der Waals surface area contributed by atoms with Gasteiger partial charge in [0.15, 0.2) is 5.82 Å². The fraction of sp³-hybridized carbons (Fsp3) is 0.320. The van der Waals surface area contributed by atoms with Gasteiger partial charge in [-0.3, -0.25) is 14.4 Å². The number of amides is 3. The average Bonchev–Trinajstić information content (AvgIpc) is 3.42. The zero-order chi connectivity index (χ0) is 24.6. The predicted molar refractivity (Wildman–Crippen MR) is 136 cm³/mol. The highest BCUT2D eigenvalue weighted by Gasteiger charge is 2.25. The summed E-state index contributed by atoms with van der Waals surface area (Å²) in [6.45, 7) is 3.62. The lowest BCUT2D eigenvalue weighted by Crippen LogP contribution is -2.42. The lowest BCUT2D eigenvalue weighted by molar-refractivity contribution is -0.125. The van der Waals surface area contributed by atoms with E-state index in [0.29, 0.717) is 24.3 Å². The van der Waals surface area contributed by atoms with E-state index in [1.165, 1.54) is 6.92 Å². The van der Waals surface area contributed by atoms with Gasteiger partial charge in [0, 0.05) is 50.3 Å². The topological polar surface area (TPSA) is 116 Å². The molecule has 1 aromatic carbocycles. The number of rotatable bonds is 8. The molecule has 3 heterocycles. The molecular weight excluding hydrogens is 464 g/mol. The first kappa shape index (κ1) is 24.3. The number of hydrogen-bond acceptors (Lipinski definition) is 7. The highest BCUT2D eigenvalue weighted by Crippen LogP contribution is 2.25. The van der Waals surface area contributed by atoms with Gasteiger partial charge >= 0.3 is 0 Å². The van der Waals surface area contributed by atoms with Crippen LogP contribution in [0.15, 0.2) is 53.9 Å². The Balaban J connectivity index is 1.15. The van der Waals surface area contributed by atoms with Gasteiger partial charge in [0.2, 0.25) is 11.8 Å². The number of benzene rings is 1. The Labute approximate surface area is 207 Å². The van der Waals surface area contributed by atoms with Crippen molar-refractivity contribution in [3.8, 4) is 10.6 Å². The maximum Gasteiger partial charge on any atom is 0.251 e. The molecule has 1 saturated heterocycles. The number of hydrogen-bond donors (Lipinski definition) is 3. The molecule has 1 aliphatic rings. The molecule has 0 spiro atoms. The van der Waals surface area contributed by atoms with Crippen molar-refractivity contribution in [2.45, 2.75) is 19.8 Å². The third kappa shape index (κ3) is 6.63. The van der Waals surface area contributed by atoms with Crippen LogP contribution < -0.4 is 20.9 Å². The van der Waals surface area contributed by atoms with Crippen LogP contribution in [0.2, 0.25) is 0 Å². The van der Waals surface area contributed by atoms with Crippen LogP contribution >= 0.6 is 11.3 Å². The van der Waals surface area contributed by atoms with Gasteiger partial charge in [-0.2, -0.15) is 0 Å². The number of carbonyl (C=O) groups is 3. The van der Waals surface area contributed by atoms with E-state index in [1.807, 2.05) is 29.6 Å². The third-order valence-electron chi connectivity index (χ3n) is 5.79. The molecule has 182 valence electrons. The second-order valence-corrected chi connectivity index (χ2v) is 9.27. The van der Waals surface area contributed by atoms with Crippen LogP contribution in [0.3, 0.4) is 0 Å². The lowest BCUT2D eigenvalue weighted by atomic mass is 9.96. The van der Waals surface area contributed by atoms with Crippen LogP contribution in [0.5, 0.6) is 0 Å². The summed E-state index contributed by atoms with van der Waals surface area (Å²) in [5, 5.41) is 19.1. The average molecular weight is 493 g/mol. The summed E-state index contributed by atoms with van der Waals surface area (Å²) in [5.41, 5.74) is 1.99. The summed E-state index contributed by atoms with van der Waals surface area (Å²) in [6, 6.07) is 14.6. The maximum absolute atomic E-state index is 12.6. The summed E-state index contributed by atoms with van der Waals surface area (Å²) >= 11 is 1.64. The third-order valence-corrected chi connectivity index (χ3v) is 6.68. The van der Waals surface area contributed by atoms with Crippen LogP contribution in [0.25, 0.3) is 10.6 Å². The van der Waals surface area contributed by atoms with Gasteiger partial charge < -0.3 is 20.9 Å². The first-order valence-corrected chi connectivity index (χ1v) is 12.4. The summed E-state index contributed by atoms with van der Waals surface area (Å²) < 4.78 is 0. The smallest absolute Gasteiger partial charge is 0.251 e. The Morgan fingerprint density at radius 2 is 1.71 bits per heavy atom. The van der Waals surface area contributed by atoms with Crippen LogP contribution in [0, 0.1) is 5.92 Å². The molecule has 10 heteroatoms. The SMILES string of the molecule is CC(=O)Nc1ccc(C(=O)NCCNC(=O)C2CCN(c3ccc(-c4cccs4)nn3)CC2)cc1. The molecule has 0 radical (unpaired) electrons. The molecule has 0 atom stereocenters. The fourth-order valence-corrected chi connectivity index (χ4v) is 4.63. The monoisotopic (exact) mass is 492 g/mol. The molecule has 3 N–H and O–H groups in total. The van der Waals surface area contributed by atoms with Crippen molar-refractivity contribution in [1.29, 1.82) is 0 Å². The van der Waals surface area contributed by atoms with E-state index >= 15 is 0 Å². The quantitative estimate of drug-likeness (QED) is 0.417. The predicted octanol–water partition coefficient (Wildman–Crippen LogP) is 2.93. The molecule has 2 aromatic heterocycles. The lowest BCUT2D eigenvalue weighted by Gasteiger charge is -2.31. The molecule has 0 unspecified atom stereocenters. The number of thiophene rings is 1. The van der Waals surface area contributed by atoms with Gasteiger partial charge in [0.05, 0.1) is 4.88 Å². The van der Waals surface area contributed by atoms with Crippen LogP contribution in [0.4, 0.5) is 11.5 Å². The minimum absolute atomic E-state index is 0.0117. The molecule has 0 saturated carbocycles. The molecule has 0 bridgehead atoms. The highest BCUT2D eigenvalue weighted by molar-refractivity contribution is 7.13. The second-order valence-electron chi connectivity index (χ2n) is 8.32. The molecule has 1 aliphatic heterocycles. The van der Waals surface area contributed by atoms with Crippen molar-refractivity contribution in [2.24, 2.45) is 5.92 Å². The number of nitrogens with one attached hydrogen (secondary N) is 3. The maximum atomic E-state index is 12.6. The van der Waals surface area contributed by atoms with E-state index in [4.69, 9.17) is 0 Å². The number of aromatic nitrogens is 2. The van der Waals surface area contributed by atoms with Crippen molar-refractivity contribution in [2.75, 3.05) is 36.4 Å². The van der Waals surface area contributed by atoms with Crippen molar-refractivity contribution in [3.05, 3.63) is 59.5 Å². The van der Waals surface area contributed by atoms with E-state index in [-0.39, 0.29) is 23.6 Å². The standard InChI is InChI=1S/C25H28N6O3S/c1-17(32)28-20-6-4-18(5-7-20)24(33)26-12-13-27-25(34)19-10-14-31(15-11-19)23-9-8-21(29-30-23)22-3-2-16-35-22/h2-9,16,19H,10-15H2,1H3,(H,26,33)(H,27,34)(H,28,32). The zero-order valence-corrected chi connectivity index (χ0v) is 20.3. The Hall–Kier alpha value is -3.79. The molecule has 0 aliphatic carbocycles. The fourth-order valence-electron chi connectivity index (χ4n) is 3.94. The Morgan fingerprint density at radius 1 is 0.971 bits per heavy atom. The molecular formula is C25H28N6O3S. The zero-order valence-electron chi connectivity index (χ0n) is 19.5. The Kier molecular flexibility index (Phi) is 8.04. The van der Waals surface area contributed by atoms with Gasteiger partial charge in [0.25, 0.3) is 5.91 Å². The van der Waals surface area contributed by atoms with E-state index < -0.39 is 0 Å². The molecule has 3 aromatic rings. The highest BCUT2D eigenvalue weighted by atomic mass is 32.1. The van der Waals surface area contributed by atoms with Crippen molar-refractivity contribution in [3.63, 3.8) is 0 Å². The van der Waals surface area contributed by atoms with Gasteiger partial charge in [-0.25, -0.2) is 0 Å². The summed E-state index contributed by atoms with van der Waals surface area (Å²) in [7, 11) is 0. The van der Waals surface area contributed by atoms with E-state index in [2.05, 4.69) is 31.0 Å². The Morgan fingerprint density at radius 3 is 2.34 bits per heavy atom. The van der Waals surface area contributed by atoms with Gasteiger partial charge in [-0.1, -0.05) is 6.07 Å². The number of piperidine rings is 1. The van der Waals surface area contributed by atoms with Gasteiger partial charge in [-0.05, 0) is 60.7 Å². The van der Waals surface area contributed by atoms with Crippen molar-refractivity contribution in [1.82, 2.24) is 20.8 Å². The Bertz CT molecular complexity index is 1140. The van der Waals surface area contributed by atoms with Gasteiger partial charge in [-0.15, -0.1) is 21.5 Å². The van der Waals surface area contributed by atoms with E-state index in [9.17, 15) is 14.4 Å². The largest absolute Gasteiger partial charge is 0.355 e. The minimum atomic E-state index is -0.229. The molecule has 3 amide bonds. The van der Waals surface area contributed by atoms with Crippen LogP contribution in [-0.4, -0.2) is 54.1 Å². The molecule has 4 rings (SSSR count). The van der Waals surface area contributed by atoms with Gasteiger partial charge in [0.1, 0.15) is 5.69 Å². The molecule has 1 fully saturated rings. The second kappa shape index (κ2) is 11.6. The van der Waals surface area contributed by atoms with Crippen LogP contribution in [-0.2, 0) is 9.59 Å². The number of carbonyl (C=O) groups excluding carboxylic acids is 3. The number of nitrogens with zero attached hydrogens (tertiary/aromatic N) is 3. The first-order valence-electron chi connectivity index (χ1n) is 11.6. The summed E-state index contributed by atoms with van der Waals surface area (Å²) in [6.07, 6.45) is 1.49. The van der Waals surface area contributed by atoms with Crippen molar-refractivity contribution < 1.29 is 14.4 Å². The molecule has 35 heavy (non-hydrogen) atoms.